The van der Waals surface area contributed by atoms with E-state index in [1.807, 2.05) is 13.0 Å². The maximum Gasteiger partial charge on any atom is 0.228 e. The van der Waals surface area contributed by atoms with Gasteiger partial charge >= 0.3 is 0 Å². The number of nitrogens with zero attached hydrogens (tertiary/aromatic N) is 3. The average molecular weight is 278 g/mol. The SMILES string of the molecule is CCCNCC1CCCN(c2nccc(OCC)n2)C1. The number of piperidine rings is 1. The van der Waals surface area contributed by atoms with Crippen LogP contribution >= 0.6 is 0 Å². The quantitative estimate of drug-likeness (QED) is 0.774. The molecule has 1 aromatic rings. The molecule has 1 aliphatic rings. The van der Waals surface area contributed by atoms with Gasteiger partial charge in [-0.3, -0.25) is 0 Å². The van der Waals surface area contributed by atoms with E-state index in [-0.39, 0.29) is 0 Å². The van der Waals surface area contributed by atoms with Crippen molar-refractivity contribution in [3.8, 4) is 5.88 Å². The van der Waals surface area contributed by atoms with Crippen molar-refractivity contribution < 1.29 is 4.74 Å². The highest BCUT2D eigenvalue weighted by atomic mass is 16.5. The largest absolute Gasteiger partial charge is 0.478 e. The van der Waals surface area contributed by atoms with E-state index in [4.69, 9.17) is 4.74 Å². The Morgan fingerprint density at radius 1 is 1.45 bits per heavy atom. The molecule has 1 atom stereocenters. The minimum absolute atomic E-state index is 0.639. The Bertz CT molecular complexity index is 399. The lowest BCUT2D eigenvalue weighted by atomic mass is 9.98. The Morgan fingerprint density at radius 2 is 2.35 bits per heavy atom. The van der Waals surface area contributed by atoms with E-state index in [0.717, 1.165) is 32.1 Å². The highest BCUT2D eigenvalue weighted by Crippen LogP contribution is 2.21. The van der Waals surface area contributed by atoms with Crippen molar-refractivity contribution in [1.29, 1.82) is 0 Å². The fourth-order valence-corrected chi connectivity index (χ4v) is 2.61. The standard InChI is InChI=1S/C15H26N4O/c1-3-8-16-11-13-6-5-10-19(12-13)15-17-9-7-14(18-15)20-4-2/h7,9,13,16H,3-6,8,10-12H2,1-2H3. The fraction of sp³-hybridized carbons (Fsp3) is 0.733. The lowest BCUT2D eigenvalue weighted by Crippen LogP contribution is -2.40. The summed E-state index contributed by atoms with van der Waals surface area (Å²) in [5.74, 6) is 2.16. The molecule has 5 heteroatoms. The topological polar surface area (TPSA) is 50.3 Å². The number of hydrogen-bond donors (Lipinski definition) is 1. The summed E-state index contributed by atoms with van der Waals surface area (Å²) < 4.78 is 5.45. The van der Waals surface area contributed by atoms with Crippen LogP contribution in [0.3, 0.4) is 0 Å². The van der Waals surface area contributed by atoms with E-state index in [1.54, 1.807) is 6.20 Å². The molecule has 0 radical (unpaired) electrons. The van der Waals surface area contributed by atoms with Gasteiger partial charge in [-0.05, 0) is 45.2 Å². The van der Waals surface area contributed by atoms with Crippen LogP contribution in [0, 0.1) is 5.92 Å². The Labute approximate surface area is 121 Å². The van der Waals surface area contributed by atoms with Gasteiger partial charge in [0, 0.05) is 25.4 Å². The molecule has 1 unspecified atom stereocenters. The summed E-state index contributed by atoms with van der Waals surface area (Å²) in [5, 5.41) is 3.52. The van der Waals surface area contributed by atoms with Crippen LogP contribution in [0.15, 0.2) is 12.3 Å². The minimum Gasteiger partial charge on any atom is -0.478 e. The first-order valence-electron chi connectivity index (χ1n) is 7.75. The van der Waals surface area contributed by atoms with E-state index >= 15 is 0 Å². The molecule has 112 valence electrons. The molecule has 0 spiro atoms. The molecule has 1 N–H and O–H groups in total. The van der Waals surface area contributed by atoms with Crippen molar-refractivity contribution in [1.82, 2.24) is 15.3 Å². The summed E-state index contributed by atoms with van der Waals surface area (Å²) >= 11 is 0. The highest BCUT2D eigenvalue weighted by molar-refractivity contribution is 5.32. The number of nitrogens with one attached hydrogen (secondary N) is 1. The molecule has 20 heavy (non-hydrogen) atoms. The van der Waals surface area contributed by atoms with E-state index in [0.29, 0.717) is 18.4 Å². The van der Waals surface area contributed by atoms with E-state index < -0.39 is 0 Å². The van der Waals surface area contributed by atoms with Gasteiger partial charge < -0.3 is 15.0 Å². The summed E-state index contributed by atoms with van der Waals surface area (Å²) in [4.78, 5) is 11.2. The predicted octanol–water partition coefficient (Wildman–Crippen LogP) is 2.09. The number of anilines is 1. The van der Waals surface area contributed by atoms with Crippen molar-refractivity contribution >= 4 is 5.95 Å². The van der Waals surface area contributed by atoms with Crippen molar-refractivity contribution in [2.24, 2.45) is 5.92 Å². The second kappa shape index (κ2) is 8.04. The number of ether oxygens (including phenoxy) is 1. The first kappa shape index (κ1) is 15.0. The molecular weight excluding hydrogens is 252 g/mol. The first-order valence-corrected chi connectivity index (χ1v) is 7.75. The first-order chi connectivity index (χ1) is 9.83. The lowest BCUT2D eigenvalue weighted by Gasteiger charge is -2.33. The molecule has 1 aliphatic heterocycles. The molecule has 5 nitrogen and oxygen atoms in total. The third-order valence-corrected chi connectivity index (χ3v) is 3.57. The third kappa shape index (κ3) is 4.34. The lowest BCUT2D eigenvalue weighted by molar-refractivity contribution is 0.325. The predicted molar refractivity (Wildman–Crippen MR) is 81.3 cm³/mol. The van der Waals surface area contributed by atoms with Gasteiger partial charge in [-0.2, -0.15) is 4.98 Å². The van der Waals surface area contributed by atoms with Gasteiger partial charge in [-0.1, -0.05) is 6.92 Å². The van der Waals surface area contributed by atoms with Gasteiger partial charge in [0.1, 0.15) is 0 Å². The zero-order chi connectivity index (χ0) is 14.2. The van der Waals surface area contributed by atoms with Crippen molar-refractivity contribution in [3.63, 3.8) is 0 Å². The molecule has 1 fully saturated rings. The Morgan fingerprint density at radius 3 is 3.15 bits per heavy atom. The molecule has 2 heterocycles. The summed E-state index contributed by atoms with van der Waals surface area (Å²) in [6.45, 7) is 9.08. The van der Waals surface area contributed by atoms with Crippen LogP contribution in [-0.2, 0) is 0 Å². The van der Waals surface area contributed by atoms with Gasteiger partial charge in [-0.15, -0.1) is 0 Å². The molecule has 0 bridgehead atoms. The monoisotopic (exact) mass is 278 g/mol. The maximum atomic E-state index is 5.45. The number of rotatable bonds is 7. The second-order valence-electron chi connectivity index (χ2n) is 5.29. The van der Waals surface area contributed by atoms with Crippen LogP contribution < -0.4 is 15.0 Å². The zero-order valence-electron chi connectivity index (χ0n) is 12.6. The normalized spacial score (nSPS) is 19.1. The summed E-state index contributed by atoms with van der Waals surface area (Å²) in [6.07, 6.45) is 5.47. The van der Waals surface area contributed by atoms with Crippen LogP contribution in [0.1, 0.15) is 33.1 Å². The maximum absolute atomic E-state index is 5.45. The van der Waals surface area contributed by atoms with Crippen molar-refractivity contribution in [2.45, 2.75) is 33.1 Å². The van der Waals surface area contributed by atoms with Crippen LogP contribution in [0.5, 0.6) is 5.88 Å². The Balaban J connectivity index is 1.92. The van der Waals surface area contributed by atoms with Crippen molar-refractivity contribution in [3.05, 3.63) is 12.3 Å². The molecule has 0 saturated carbocycles. The Hall–Kier alpha value is -1.36. The average Bonchev–Trinajstić information content (AvgIpc) is 2.49. The van der Waals surface area contributed by atoms with E-state index in [2.05, 4.69) is 27.1 Å². The van der Waals surface area contributed by atoms with E-state index in [9.17, 15) is 0 Å². The minimum atomic E-state index is 0.639. The smallest absolute Gasteiger partial charge is 0.228 e. The number of aromatic nitrogens is 2. The van der Waals surface area contributed by atoms with Crippen LogP contribution in [-0.4, -0.2) is 42.8 Å². The summed E-state index contributed by atoms with van der Waals surface area (Å²) in [6, 6.07) is 1.82. The van der Waals surface area contributed by atoms with Gasteiger partial charge in [0.15, 0.2) is 0 Å². The molecule has 1 saturated heterocycles. The highest BCUT2D eigenvalue weighted by Gasteiger charge is 2.21. The van der Waals surface area contributed by atoms with Gasteiger partial charge in [0.2, 0.25) is 11.8 Å². The van der Waals surface area contributed by atoms with Crippen LogP contribution in [0.4, 0.5) is 5.95 Å². The number of hydrogen-bond acceptors (Lipinski definition) is 5. The van der Waals surface area contributed by atoms with Gasteiger partial charge in [-0.25, -0.2) is 4.98 Å². The van der Waals surface area contributed by atoms with Crippen molar-refractivity contribution in [2.75, 3.05) is 37.7 Å². The second-order valence-corrected chi connectivity index (χ2v) is 5.29. The van der Waals surface area contributed by atoms with E-state index in [1.165, 1.54) is 19.3 Å². The van der Waals surface area contributed by atoms with Crippen LogP contribution in [0.2, 0.25) is 0 Å². The van der Waals surface area contributed by atoms with Crippen LogP contribution in [0.25, 0.3) is 0 Å². The third-order valence-electron chi connectivity index (χ3n) is 3.57. The summed E-state index contributed by atoms with van der Waals surface area (Å²) in [5.41, 5.74) is 0. The van der Waals surface area contributed by atoms with Gasteiger partial charge in [0.05, 0.1) is 6.61 Å². The molecule has 2 rings (SSSR count). The fourth-order valence-electron chi connectivity index (χ4n) is 2.61. The molecule has 1 aromatic heterocycles. The summed E-state index contributed by atoms with van der Waals surface area (Å²) in [7, 11) is 0. The molecule has 0 amide bonds. The zero-order valence-corrected chi connectivity index (χ0v) is 12.6. The van der Waals surface area contributed by atoms with Gasteiger partial charge in [0.25, 0.3) is 0 Å². The molecule has 0 aliphatic carbocycles. The Kier molecular flexibility index (Phi) is 6.05. The molecule has 0 aromatic carbocycles. The molecular formula is C15H26N4O.